The van der Waals surface area contributed by atoms with Crippen molar-refractivity contribution in [1.82, 2.24) is 10.3 Å². The summed E-state index contributed by atoms with van der Waals surface area (Å²) in [6.45, 7) is 3.65. The second kappa shape index (κ2) is 7.56. The third-order valence-electron chi connectivity index (χ3n) is 3.92. The van der Waals surface area contributed by atoms with E-state index < -0.39 is 11.7 Å². The summed E-state index contributed by atoms with van der Waals surface area (Å²) < 4.78 is 43.4. The standard InChI is InChI=1S/C19H17F3N2O2S/c1-11-3-8-16(26-11)12(2)23-17(25)9-15-10-27-18(24-15)13-4-6-14(7-5-13)19(20,21)22/h3-8,10,12H,9H2,1-2H3,(H,23,25). The highest BCUT2D eigenvalue weighted by Gasteiger charge is 2.30. The number of thiazole rings is 1. The number of aromatic nitrogens is 1. The lowest BCUT2D eigenvalue weighted by atomic mass is 10.1. The second-order valence-corrected chi connectivity index (χ2v) is 6.99. The average molecular weight is 394 g/mol. The van der Waals surface area contributed by atoms with Crippen molar-refractivity contribution in [2.24, 2.45) is 0 Å². The number of aryl methyl sites for hydroxylation is 1. The zero-order valence-electron chi connectivity index (χ0n) is 14.6. The van der Waals surface area contributed by atoms with Crippen molar-refractivity contribution in [3.63, 3.8) is 0 Å². The number of furan rings is 1. The summed E-state index contributed by atoms with van der Waals surface area (Å²) in [7, 11) is 0. The van der Waals surface area contributed by atoms with Gasteiger partial charge in [-0.25, -0.2) is 4.98 Å². The quantitative estimate of drug-likeness (QED) is 0.651. The van der Waals surface area contributed by atoms with E-state index in [1.807, 2.05) is 26.0 Å². The molecule has 1 unspecified atom stereocenters. The summed E-state index contributed by atoms with van der Waals surface area (Å²) >= 11 is 1.29. The van der Waals surface area contributed by atoms with Crippen molar-refractivity contribution in [3.05, 3.63) is 64.6 Å². The summed E-state index contributed by atoms with van der Waals surface area (Å²) in [6.07, 6.45) is -4.28. The predicted octanol–water partition coefficient (Wildman–Crippen LogP) is 5.15. The minimum absolute atomic E-state index is 0.0845. The van der Waals surface area contributed by atoms with Gasteiger partial charge in [0.1, 0.15) is 16.5 Å². The van der Waals surface area contributed by atoms with Crippen LogP contribution in [0.3, 0.4) is 0 Å². The molecule has 8 heteroatoms. The SMILES string of the molecule is Cc1ccc(C(C)NC(=O)Cc2csc(-c3ccc(C(F)(F)F)cc3)n2)o1. The Hall–Kier alpha value is -2.61. The molecule has 27 heavy (non-hydrogen) atoms. The second-order valence-electron chi connectivity index (χ2n) is 6.13. The summed E-state index contributed by atoms with van der Waals surface area (Å²) in [5, 5.41) is 5.14. The maximum absolute atomic E-state index is 12.6. The van der Waals surface area contributed by atoms with Gasteiger partial charge >= 0.3 is 6.18 Å². The van der Waals surface area contributed by atoms with E-state index in [0.717, 1.165) is 17.9 Å². The molecule has 0 fully saturated rings. The van der Waals surface area contributed by atoms with Crippen LogP contribution in [-0.2, 0) is 17.4 Å². The number of rotatable bonds is 5. The van der Waals surface area contributed by atoms with Gasteiger partial charge in [0.05, 0.1) is 23.7 Å². The zero-order chi connectivity index (χ0) is 19.6. The van der Waals surface area contributed by atoms with Crippen LogP contribution in [0.4, 0.5) is 13.2 Å². The van der Waals surface area contributed by atoms with Crippen molar-refractivity contribution in [1.29, 1.82) is 0 Å². The van der Waals surface area contributed by atoms with E-state index in [1.165, 1.54) is 23.5 Å². The number of nitrogens with one attached hydrogen (secondary N) is 1. The summed E-state index contributed by atoms with van der Waals surface area (Å²) in [5.74, 6) is 1.23. The molecule has 2 aromatic heterocycles. The van der Waals surface area contributed by atoms with E-state index in [9.17, 15) is 18.0 Å². The molecule has 1 aromatic carbocycles. The monoisotopic (exact) mass is 394 g/mol. The molecule has 0 saturated heterocycles. The van der Waals surface area contributed by atoms with E-state index in [1.54, 1.807) is 5.38 Å². The highest BCUT2D eigenvalue weighted by atomic mass is 32.1. The minimum Gasteiger partial charge on any atom is -0.464 e. The van der Waals surface area contributed by atoms with Crippen LogP contribution in [0.2, 0.25) is 0 Å². The van der Waals surface area contributed by atoms with Crippen LogP contribution >= 0.6 is 11.3 Å². The van der Waals surface area contributed by atoms with Gasteiger partial charge in [-0.15, -0.1) is 11.3 Å². The Kier molecular flexibility index (Phi) is 5.36. The van der Waals surface area contributed by atoms with Gasteiger partial charge in [0, 0.05) is 10.9 Å². The topological polar surface area (TPSA) is 55.1 Å². The van der Waals surface area contributed by atoms with Crippen LogP contribution in [0.15, 0.2) is 46.2 Å². The van der Waals surface area contributed by atoms with Crippen molar-refractivity contribution in [2.45, 2.75) is 32.5 Å². The van der Waals surface area contributed by atoms with E-state index in [2.05, 4.69) is 10.3 Å². The van der Waals surface area contributed by atoms with E-state index in [4.69, 9.17) is 4.42 Å². The zero-order valence-corrected chi connectivity index (χ0v) is 15.4. The van der Waals surface area contributed by atoms with E-state index in [0.29, 0.717) is 22.0 Å². The maximum Gasteiger partial charge on any atom is 0.416 e. The van der Waals surface area contributed by atoms with Gasteiger partial charge in [0.2, 0.25) is 5.91 Å². The fourth-order valence-electron chi connectivity index (χ4n) is 2.54. The molecule has 0 aliphatic carbocycles. The smallest absolute Gasteiger partial charge is 0.416 e. The number of hydrogen-bond acceptors (Lipinski definition) is 4. The number of carbonyl (C=O) groups is 1. The molecule has 1 amide bonds. The maximum atomic E-state index is 12.6. The van der Waals surface area contributed by atoms with Crippen molar-refractivity contribution in [3.8, 4) is 10.6 Å². The lowest BCUT2D eigenvalue weighted by Gasteiger charge is -2.10. The van der Waals surface area contributed by atoms with Crippen LogP contribution in [0.1, 0.15) is 35.7 Å². The summed E-state index contributed by atoms with van der Waals surface area (Å²) in [4.78, 5) is 16.5. The molecular formula is C19H17F3N2O2S. The highest BCUT2D eigenvalue weighted by Crippen LogP contribution is 2.31. The van der Waals surface area contributed by atoms with E-state index in [-0.39, 0.29) is 18.4 Å². The first kappa shape index (κ1) is 19.2. The van der Waals surface area contributed by atoms with E-state index >= 15 is 0 Å². The Morgan fingerprint density at radius 2 is 1.93 bits per heavy atom. The molecule has 1 atom stereocenters. The fourth-order valence-corrected chi connectivity index (χ4v) is 3.36. The van der Waals surface area contributed by atoms with Gasteiger partial charge in [-0.2, -0.15) is 13.2 Å². The Bertz CT molecular complexity index is 929. The Balaban J connectivity index is 1.63. The number of nitrogens with zero attached hydrogens (tertiary/aromatic N) is 1. The molecule has 3 rings (SSSR count). The first-order valence-corrected chi connectivity index (χ1v) is 9.08. The Labute approximate surface area is 158 Å². The highest BCUT2D eigenvalue weighted by molar-refractivity contribution is 7.13. The number of amides is 1. The van der Waals surface area contributed by atoms with Gasteiger partial charge in [-0.1, -0.05) is 12.1 Å². The Morgan fingerprint density at radius 3 is 2.52 bits per heavy atom. The molecule has 4 nitrogen and oxygen atoms in total. The third-order valence-corrected chi connectivity index (χ3v) is 4.86. The number of alkyl halides is 3. The first-order chi connectivity index (χ1) is 12.7. The molecule has 0 saturated carbocycles. The van der Waals surface area contributed by atoms with Crippen LogP contribution in [0, 0.1) is 6.92 Å². The molecule has 2 heterocycles. The molecule has 142 valence electrons. The van der Waals surface area contributed by atoms with Crippen molar-refractivity contribution >= 4 is 17.2 Å². The molecule has 0 radical (unpaired) electrons. The normalized spacial score (nSPS) is 12.8. The van der Waals surface area contributed by atoms with Crippen LogP contribution in [0.25, 0.3) is 10.6 Å². The van der Waals surface area contributed by atoms with Crippen LogP contribution in [0.5, 0.6) is 0 Å². The van der Waals surface area contributed by atoms with Gasteiger partial charge in [-0.05, 0) is 38.1 Å². The minimum atomic E-state index is -4.37. The van der Waals surface area contributed by atoms with Gasteiger partial charge in [0.25, 0.3) is 0 Å². The van der Waals surface area contributed by atoms with Gasteiger partial charge in [-0.3, -0.25) is 4.79 Å². The largest absolute Gasteiger partial charge is 0.464 e. The average Bonchev–Trinajstić information content (AvgIpc) is 3.23. The molecule has 0 aliphatic rings. The van der Waals surface area contributed by atoms with Gasteiger partial charge < -0.3 is 9.73 Å². The number of hydrogen-bond donors (Lipinski definition) is 1. The third kappa shape index (κ3) is 4.77. The van der Waals surface area contributed by atoms with Crippen molar-refractivity contribution in [2.75, 3.05) is 0 Å². The number of halogens is 3. The first-order valence-electron chi connectivity index (χ1n) is 8.20. The lowest BCUT2D eigenvalue weighted by molar-refractivity contribution is -0.137. The summed E-state index contributed by atoms with van der Waals surface area (Å²) in [6, 6.07) is 8.19. The fraction of sp³-hybridized carbons (Fsp3) is 0.263. The molecule has 0 aliphatic heterocycles. The number of carbonyl (C=O) groups excluding carboxylic acids is 1. The van der Waals surface area contributed by atoms with Gasteiger partial charge in [0.15, 0.2) is 0 Å². The summed E-state index contributed by atoms with van der Waals surface area (Å²) in [5.41, 5.74) is 0.443. The van der Waals surface area contributed by atoms with Crippen LogP contribution in [-0.4, -0.2) is 10.9 Å². The lowest BCUT2D eigenvalue weighted by Crippen LogP contribution is -2.27. The Morgan fingerprint density at radius 1 is 1.22 bits per heavy atom. The van der Waals surface area contributed by atoms with Crippen LogP contribution < -0.4 is 5.32 Å². The molecule has 1 N–H and O–H groups in total. The molecule has 0 bridgehead atoms. The molecular weight excluding hydrogens is 377 g/mol. The molecule has 0 spiro atoms. The number of benzene rings is 1. The molecule has 3 aromatic rings. The van der Waals surface area contributed by atoms with Crippen molar-refractivity contribution < 1.29 is 22.4 Å². The predicted molar refractivity (Wildman–Crippen MR) is 96.3 cm³/mol.